The maximum absolute atomic E-state index is 10.3. The molecule has 2 N–H and O–H groups in total. The number of hydrogen-bond donors (Lipinski definition) is 2. The predicted octanol–water partition coefficient (Wildman–Crippen LogP) is -0.104. The van der Waals surface area contributed by atoms with E-state index < -0.39 is 0 Å². The van der Waals surface area contributed by atoms with Gasteiger partial charge in [0.05, 0.1) is 0 Å². The highest BCUT2D eigenvalue weighted by molar-refractivity contribution is 5.74. The summed E-state index contributed by atoms with van der Waals surface area (Å²) in [5, 5.41) is 5.76. The van der Waals surface area contributed by atoms with Gasteiger partial charge in [0.25, 0.3) is 0 Å². The van der Waals surface area contributed by atoms with E-state index in [2.05, 4.69) is 10.6 Å². The van der Waals surface area contributed by atoms with Gasteiger partial charge in [-0.05, 0) is 14.0 Å². The van der Waals surface area contributed by atoms with E-state index in [1.165, 1.54) is 0 Å². The van der Waals surface area contributed by atoms with E-state index >= 15 is 0 Å². The van der Waals surface area contributed by atoms with Crippen molar-refractivity contribution in [3.8, 4) is 0 Å². The van der Waals surface area contributed by atoms with Crippen molar-refractivity contribution in [2.45, 2.75) is 13.0 Å². The molecule has 0 fully saturated rings. The second kappa shape index (κ2) is 4.99. The van der Waals surface area contributed by atoms with Crippen LogP contribution >= 0.6 is 0 Å². The zero-order valence-corrected chi connectivity index (χ0v) is 6.64. The molecule has 1 unspecified atom stereocenters. The normalized spacial score (nSPS) is 14.5. The number of nitrogens with one attached hydrogen (secondary N) is 2. The highest BCUT2D eigenvalue weighted by atomic mass is 16.1. The Balaban J connectivity index is 4.05. The first-order valence-electron chi connectivity index (χ1n) is 3.26. The van der Waals surface area contributed by atoms with Crippen LogP contribution in [0.4, 0.5) is 0 Å². The first-order chi connectivity index (χ1) is 4.76. The van der Waals surface area contributed by atoms with Crippen molar-refractivity contribution < 1.29 is 4.79 Å². The summed E-state index contributed by atoms with van der Waals surface area (Å²) in [6.07, 6.45) is 2.53. The summed E-state index contributed by atoms with van der Waals surface area (Å²) in [5.41, 5.74) is 0.727. The maximum Gasteiger partial charge on any atom is 0.149 e. The van der Waals surface area contributed by atoms with Gasteiger partial charge in [-0.25, -0.2) is 0 Å². The molecule has 0 heterocycles. The molecule has 0 rings (SSSR count). The van der Waals surface area contributed by atoms with E-state index in [0.29, 0.717) is 0 Å². The van der Waals surface area contributed by atoms with Gasteiger partial charge in [-0.1, -0.05) is 0 Å². The molecule has 0 radical (unpaired) electrons. The lowest BCUT2D eigenvalue weighted by molar-refractivity contribution is -0.105. The molecule has 0 aromatic heterocycles. The van der Waals surface area contributed by atoms with Crippen LogP contribution in [0.3, 0.4) is 0 Å². The van der Waals surface area contributed by atoms with Crippen LogP contribution in [-0.4, -0.2) is 26.4 Å². The molecule has 0 aliphatic carbocycles. The highest BCUT2D eigenvalue weighted by Gasteiger charge is 2.02. The first-order valence-corrected chi connectivity index (χ1v) is 3.26. The van der Waals surface area contributed by atoms with Crippen molar-refractivity contribution in [1.29, 1.82) is 0 Å². The Bertz CT molecular complexity index is 132. The third-order valence-corrected chi connectivity index (χ3v) is 1.38. The van der Waals surface area contributed by atoms with Gasteiger partial charge in [0.2, 0.25) is 0 Å². The average Bonchev–Trinajstić information content (AvgIpc) is 1.99. The minimum atomic E-state index is 0.116. The van der Waals surface area contributed by atoms with Crippen LogP contribution in [0.5, 0.6) is 0 Å². The number of rotatable bonds is 4. The zero-order chi connectivity index (χ0) is 7.98. The Kier molecular flexibility index (Phi) is 4.58. The summed E-state index contributed by atoms with van der Waals surface area (Å²) < 4.78 is 0. The number of carbonyl (C=O) groups excluding carboxylic acids is 1. The molecule has 3 nitrogen and oxygen atoms in total. The van der Waals surface area contributed by atoms with E-state index in [1.807, 2.05) is 14.0 Å². The number of carbonyl (C=O) groups is 1. The van der Waals surface area contributed by atoms with Gasteiger partial charge in [0, 0.05) is 24.9 Å². The van der Waals surface area contributed by atoms with Gasteiger partial charge in [0.15, 0.2) is 0 Å². The Morgan fingerprint density at radius 1 is 1.50 bits per heavy atom. The summed E-state index contributed by atoms with van der Waals surface area (Å²) in [4.78, 5) is 10.3. The minimum Gasteiger partial charge on any atom is -0.394 e. The summed E-state index contributed by atoms with van der Waals surface area (Å²) in [6, 6.07) is 0.116. The van der Waals surface area contributed by atoms with Gasteiger partial charge < -0.3 is 10.6 Å². The highest BCUT2D eigenvalue weighted by Crippen LogP contribution is 1.94. The molecule has 0 aliphatic rings. The molecule has 58 valence electrons. The van der Waals surface area contributed by atoms with Crippen LogP contribution in [0, 0.1) is 0 Å². The van der Waals surface area contributed by atoms with Crippen LogP contribution in [0.25, 0.3) is 0 Å². The quantitative estimate of drug-likeness (QED) is 0.425. The molecule has 10 heavy (non-hydrogen) atoms. The fourth-order valence-electron chi connectivity index (χ4n) is 0.594. The minimum absolute atomic E-state index is 0.116. The van der Waals surface area contributed by atoms with E-state index in [1.54, 1.807) is 13.2 Å². The van der Waals surface area contributed by atoms with Crippen molar-refractivity contribution in [2.75, 3.05) is 14.1 Å². The monoisotopic (exact) mass is 142 g/mol. The first kappa shape index (κ1) is 9.17. The van der Waals surface area contributed by atoms with Crippen LogP contribution in [0.2, 0.25) is 0 Å². The topological polar surface area (TPSA) is 41.1 Å². The second-order valence-corrected chi connectivity index (χ2v) is 2.06. The standard InChI is InChI=1S/C7H14N2O/c1-6(9-3)7(5-10)4-8-2/h4-6,8-9H,1-3H3/b7-4-. The van der Waals surface area contributed by atoms with Gasteiger partial charge >= 0.3 is 0 Å². The van der Waals surface area contributed by atoms with Crippen LogP contribution in [0.1, 0.15) is 6.92 Å². The summed E-state index contributed by atoms with van der Waals surface area (Å²) in [6.45, 7) is 1.93. The largest absolute Gasteiger partial charge is 0.394 e. The molecule has 0 aromatic carbocycles. The van der Waals surface area contributed by atoms with Crippen LogP contribution < -0.4 is 10.6 Å². The maximum atomic E-state index is 10.3. The molecule has 0 saturated heterocycles. The fourth-order valence-corrected chi connectivity index (χ4v) is 0.594. The summed E-state index contributed by atoms with van der Waals surface area (Å²) in [7, 11) is 3.59. The lowest BCUT2D eigenvalue weighted by Crippen LogP contribution is -2.25. The number of aldehydes is 1. The molecule has 0 aliphatic heterocycles. The van der Waals surface area contributed by atoms with Gasteiger partial charge in [-0.3, -0.25) is 4.79 Å². The second-order valence-electron chi connectivity index (χ2n) is 2.06. The van der Waals surface area contributed by atoms with E-state index in [-0.39, 0.29) is 6.04 Å². The lowest BCUT2D eigenvalue weighted by Gasteiger charge is -2.08. The van der Waals surface area contributed by atoms with Crippen molar-refractivity contribution in [3.63, 3.8) is 0 Å². The molecule has 0 bridgehead atoms. The van der Waals surface area contributed by atoms with E-state index in [0.717, 1.165) is 11.9 Å². The summed E-state index contributed by atoms with van der Waals surface area (Å²) in [5.74, 6) is 0. The van der Waals surface area contributed by atoms with Crippen molar-refractivity contribution in [2.24, 2.45) is 0 Å². The van der Waals surface area contributed by atoms with E-state index in [4.69, 9.17) is 0 Å². The average molecular weight is 142 g/mol. The molecule has 3 heteroatoms. The molecule has 0 amide bonds. The molecule has 0 aromatic rings. The Morgan fingerprint density at radius 2 is 2.10 bits per heavy atom. The zero-order valence-electron chi connectivity index (χ0n) is 6.64. The smallest absolute Gasteiger partial charge is 0.149 e. The predicted molar refractivity (Wildman–Crippen MR) is 41.7 cm³/mol. The molecule has 0 spiro atoms. The Hall–Kier alpha value is -0.830. The van der Waals surface area contributed by atoms with Crippen LogP contribution in [0.15, 0.2) is 11.8 Å². The summed E-state index contributed by atoms with van der Waals surface area (Å²) >= 11 is 0. The Morgan fingerprint density at radius 3 is 2.40 bits per heavy atom. The molecular weight excluding hydrogens is 128 g/mol. The molecular formula is C7H14N2O. The van der Waals surface area contributed by atoms with Gasteiger partial charge in [-0.15, -0.1) is 0 Å². The third kappa shape index (κ3) is 2.64. The SMILES string of the molecule is CN/C=C(/C=O)C(C)NC. The lowest BCUT2D eigenvalue weighted by atomic mass is 10.2. The molecule has 0 saturated carbocycles. The number of likely N-dealkylation sites (N-methyl/N-ethyl adjacent to an activating group) is 1. The van der Waals surface area contributed by atoms with Crippen molar-refractivity contribution >= 4 is 6.29 Å². The third-order valence-electron chi connectivity index (χ3n) is 1.38. The van der Waals surface area contributed by atoms with Gasteiger partial charge in [-0.2, -0.15) is 0 Å². The fraction of sp³-hybridized carbons (Fsp3) is 0.571. The van der Waals surface area contributed by atoms with E-state index in [9.17, 15) is 4.79 Å². The van der Waals surface area contributed by atoms with Gasteiger partial charge in [0.1, 0.15) is 6.29 Å². The Labute approximate surface area is 61.5 Å². The van der Waals surface area contributed by atoms with Crippen molar-refractivity contribution in [3.05, 3.63) is 11.8 Å². The van der Waals surface area contributed by atoms with Crippen molar-refractivity contribution in [1.82, 2.24) is 10.6 Å². The molecule has 1 atom stereocenters. The number of hydrogen-bond acceptors (Lipinski definition) is 3. The van der Waals surface area contributed by atoms with Crippen LogP contribution in [-0.2, 0) is 4.79 Å².